The Labute approximate surface area is 101 Å². The van der Waals surface area contributed by atoms with Crippen molar-refractivity contribution in [2.24, 2.45) is 0 Å². The van der Waals surface area contributed by atoms with Crippen molar-refractivity contribution in [2.75, 3.05) is 20.3 Å². The van der Waals surface area contributed by atoms with Crippen LogP contribution in [0.3, 0.4) is 0 Å². The van der Waals surface area contributed by atoms with Gasteiger partial charge in [-0.2, -0.15) is 0 Å². The highest BCUT2D eigenvalue weighted by atomic mass is 19.1. The third kappa shape index (κ3) is 3.25. The number of benzene rings is 1. The van der Waals surface area contributed by atoms with E-state index in [2.05, 4.69) is 5.32 Å². The lowest BCUT2D eigenvalue weighted by molar-refractivity contribution is -0.0526. The molecule has 1 fully saturated rings. The number of hydrogen-bond acceptors (Lipinski definition) is 3. The van der Waals surface area contributed by atoms with Crippen LogP contribution in [-0.2, 0) is 9.47 Å². The highest BCUT2D eigenvalue weighted by Gasteiger charge is 2.22. The lowest BCUT2D eigenvalue weighted by atomic mass is 10.0. The molecule has 0 amide bonds. The Bertz CT molecular complexity index is 357. The zero-order valence-electron chi connectivity index (χ0n) is 10.2. The summed E-state index contributed by atoms with van der Waals surface area (Å²) in [7, 11) is 1.86. The lowest BCUT2D eigenvalue weighted by Crippen LogP contribution is -2.23. The summed E-state index contributed by atoms with van der Waals surface area (Å²) >= 11 is 0. The third-order valence-corrected chi connectivity index (χ3v) is 2.93. The monoisotopic (exact) mass is 239 g/mol. The summed E-state index contributed by atoms with van der Waals surface area (Å²) in [5.41, 5.74) is 1.86. The molecule has 1 aliphatic heterocycles. The van der Waals surface area contributed by atoms with Crippen molar-refractivity contribution in [1.29, 1.82) is 0 Å². The number of ether oxygens (including phenoxy) is 2. The van der Waals surface area contributed by atoms with Crippen molar-refractivity contribution in [2.45, 2.75) is 25.7 Å². The Morgan fingerprint density at radius 1 is 1.35 bits per heavy atom. The van der Waals surface area contributed by atoms with Crippen molar-refractivity contribution in [1.82, 2.24) is 5.32 Å². The van der Waals surface area contributed by atoms with Crippen LogP contribution in [0.15, 0.2) is 18.2 Å². The molecule has 3 nitrogen and oxygen atoms in total. The van der Waals surface area contributed by atoms with Crippen LogP contribution in [0.25, 0.3) is 0 Å². The van der Waals surface area contributed by atoms with E-state index in [1.165, 1.54) is 6.07 Å². The standard InChI is InChI=1S/C13H18FNO2/c1-9-5-10(7-11(14)6-9)12(15-2)8-13-16-3-4-17-13/h5-7,12-13,15H,3-4,8H2,1-2H3. The molecule has 2 rings (SSSR count). The molecule has 1 aromatic rings. The fourth-order valence-electron chi connectivity index (χ4n) is 2.12. The second-order valence-electron chi connectivity index (χ2n) is 4.31. The molecule has 0 aliphatic carbocycles. The van der Waals surface area contributed by atoms with Gasteiger partial charge in [-0.1, -0.05) is 6.07 Å². The van der Waals surface area contributed by atoms with Crippen LogP contribution < -0.4 is 5.32 Å². The van der Waals surface area contributed by atoms with Crippen molar-refractivity contribution >= 4 is 0 Å². The van der Waals surface area contributed by atoms with E-state index in [-0.39, 0.29) is 18.1 Å². The van der Waals surface area contributed by atoms with Gasteiger partial charge in [-0.3, -0.25) is 0 Å². The predicted octanol–water partition coefficient (Wildman–Crippen LogP) is 2.16. The van der Waals surface area contributed by atoms with Gasteiger partial charge in [-0.25, -0.2) is 4.39 Å². The van der Waals surface area contributed by atoms with Crippen molar-refractivity contribution < 1.29 is 13.9 Å². The first kappa shape index (κ1) is 12.5. The molecule has 1 N–H and O–H groups in total. The van der Waals surface area contributed by atoms with Gasteiger partial charge in [0.15, 0.2) is 6.29 Å². The van der Waals surface area contributed by atoms with E-state index in [9.17, 15) is 4.39 Å². The summed E-state index contributed by atoms with van der Waals surface area (Å²) in [6.07, 6.45) is 0.510. The molecule has 0 aromatic heterocycles. The van der Waals surface area contributed by atoms with Gasteiger partial charge in [0.1, 0.15) is 5.82 Å². The predicted molar refractivity (Wildman–Crippen MR) is 63.2 cm³/mol. The molecule has 17 heavy (non-hydrogen) atoms. The Hall–Kier alpha value is -0.970. The second kappa shape index (κ2) is 5.58. The van der Waals surface area contributed by atoms with Crippen LogP contribution in [0, 0.1) is 12.7 Å². The van der Waals surface area contributed by atoms with Crippen LogP contribution in [0.5, 0.6) is 0 Å². The summed E-state index contributed by atoms with van der Waals surface area (Å²) in [4.78, 5) is 0. The highest BCUT2D eigenvalue weighted by Crippen LogP contribution is 2.23. The van der Waals surface area contributed by atoms with Gasteiger partial charge < -0.3 is 14.8 Å². The first-order valence-corrected chi connectivity index (χ1v) is 5.86. The summed E-state index contributed by atoms with van der Waals surface area (Å²) < 4.78 is 24.2. The average molecular weight is 239 g/mol. The summed E-state index contributed by atoms with van der Waals surface area (Å²) in [5, 5.41) is 3.17. The molecule has 1 aliphatic rings. The number of rotatable bonds is 4. The zero-order chi connectivity index (χ0) is 12.3. The van der Waals surface area contributed by atoms with Crippen LogP contribution in [0.4, 0.5) is 4.39 Å². The SMILES string of the molecule is CNC(CC1OCCO1)c1cc(C)cc(F)c1. The normalized spacial score (nSPS) is 18.5. The first-order valence-electron chi connectivity index (χ1n) is 5.86. The lowest BCUT2D eigenvalue weighted by Gasteiger charge is -2.20. The van der Waals surface area contributed by atoms with Gasteiger partial charge in [0.25, 0.3) is 0 Å². The Morgan fingerprint density at radius 3 is 2.65 bits per heavy atom. The highest BCUT2D eigenvalue weighted by molar-refractivity contribution is 5.26. The maximum atomic E-state index is 13.3. The summed E-state index contributed by atoms with van der Waals surface area (Å²) in [5.74, 6) is -0.200. The molecule has 1 heterocycles. The second-order valence-corrected chi connectivity index (χ2v) is 4.31. The largest absolute Gasteiger partial charge is 0.350 e. The number of aryl methyl sites for hydroxylation is 1. The van der Waals surface area contributed by atoms with Crippen LogP contribution in [-0.4, -0.2) is 26.6 Å². The van der Waals surface area contributed by atoms with E-state index in [1.807, 2.05) is 20.0 Å². The van der Waals surface area contributed by atoms with Crippen molar-refractivity contribution in [3.8, 4) is 0 Å². The van der Waals surface area contributed by atoms with Crippen LogP contribution in [0.1, 0.15) is 23.6 Å². The van der Waals surface area contributed by atoms with Gasteiger partial charge in [0.2, 0.25) is 0 Å². The molecule has 0 bridgehead atoms. The molecule has 1 aromatic carbocycles. The maximum Gasteiger partial charge on any atom is 0.159 e. The number of nitrogens with one attached hydrogen (secondary N) is 1. The minimum absolute atomic E-state index is 0.0486. The number of hydrogen-bond donors (Lipinski definition) is 1. The topological polar surface area (TPSA) is 30.5 Å². The Balaban J connectivity index is 2.10. The maximum absolute atomic E-state index is 13.3. The molecule has 1 atom stereocenters. The zero-order valence-corrected chi connectivity index (χ0v) is 10.2. The molecule has 0 radical (unpaired) electrons. The average Bonchev–Trinajstić information content (AvgIpc) is 2.77. The first-order chi connectivity index (χ1) is 8.19. The molecular formula is C13H18FNO2. The van der Waals surface area contributed by atoms with E-state index >= 15 is 0 Å². The third-order valence-electron chi connectivity index (χ3n) is 2.93. The van der Waals surface area contributed by atoms with Gasteiger partial charge in [0.05, 0.1) is 13.2 Å². The fourth-order valence-corrected chi connectivity index (χ4v) is 2.12. The molecule has 0 spiro atoms. The fraction of sp³-hybridized carbons (Fsp3) is 0.538. The molecule has 94 valence electrons. The van der Waals surface area contributed by atoms with E-state index < -0.39 is 0 Å². The molecule has 1 unspecified atom stereocenters. The minimum Gasteiger partial charge on any atom is -0.350 e. The van der Waals surface area contributed by atoms with Gasteiger partial charge >= 0.3 is 0 Å². The molecular weight excluding hydrogens is 221 g/mol. The minimum atomic E-state index is -0.200. The molecule has 4 heteroatoms. The molecule has 1 saturated heterocycles. The van der Waals surface area contributed by atoms with Gasteiger partial charge in [0, 0.05) is 12.5 Å². The van der Waals surface area contributed by atoms with Crippen molar-refractivity contribution in [3.05, 3.63) is 35.1 Å². The Morgan fingerprint density at radius 2 is 2.06 bits per heavy atom. The van der Waals surface area contributed by atoms with Gasteiger partial charge in [-0.05, 0) is 37.2 Å². The van der Waals surface area contributed by atoms with E-state index in [0.29, 0.717) is 19.6 Å². The summed E-state index contributed by atoms with van der Waals surface area (Å²) in [6.45, 7) is 3.18. The van der Waals surface area contributed by atoms with E-state index in [4.69, 9.17) is 9.47 Å². The van der Waals surface area contributed by atoms with Crippen molar-refractivity contribution in [3.63, 3.8) is 0 Å². The van der Waals surface area contributed by atoms with Crippen LogP contribution in [0.2, 0.25) is 0 Å². The molecule has 0 saturated carbocycles. The van der Waals surface area contributed by atoms with Crippen LogP contribution >= 0.6 is 0 Å². The van der Waals surface area contributed by atoms with E-state index in [0.717, 1.165) is 11.1 Å². The summed E-state index contributed by atoms with van der Waals surface area (Å²) in [6, 6.07) is 5.12. The quantitative estimate of drug-likeness (QED) is 0.873. The Kier molecular flexibility index (Phi) is 4.10. The number of halogens is 1. The van der Waals surface area contributed by atoms with Gasteiger partial charge in [-0.15, -0.1) is 0 Å². The van der Waals surface area contributed by atoms with E-state index in [1.54, 1.807) is 6.07 Å². The smallest absolute Gasteiger partial charge is 0.159 e.